The van der Waals surface area contributed by atoms with Gasteiger partial charge in [-0.2, -0.15) is 0 Å². The summed E-state index contributed by atoms with van der Waals surface area (Å²) in [6.45, 7) is 4.18. The zero-order valence-corrected chi connectivity index (χ0v) is 11.6. The molecule has 0 bridgehead atoms. The summed E-state index contributed by atoms with van der Waals surface area (Å²) in [5, 5.41) is 2.19. The summed E-state index contributed by atoms with van der Waals surface area (Å²) in [5.74, 6) is -0.350. The number of hydrogen-bond acceptors (Lipinski definition) is 3. The average molecular weight is 268 g/mol. The maximum Gasteiger partial charge on any atom is 0.357 e. The van der Waals surface area contributed by atoms with Gasteiger partial charge in [0, 0.05) is 16.3 Å². The van der Waals surface area contributed by atoms with E-state index >= 15 is 0 Å². The number of nitrogens with one attached hydrogen (secondary N) is 1. The normalized spacial score (nSPS) is 11.1. The van der Waals surface area contributed by atoms with Gasteiger partial charge < -0.3 is 9.72 Å². The number of aryl methyl sites for hydroxylation is 1. The SMILES string of the molecule is CCOC(=O)c1ncc2[nH]c3ccccc3c2c1CC. The monoisotopic (exact) mass is 268 g/mol. The Morgan fingerprint density at radius 1 is 1.25 bits per heavy atom. The van der Waals surface area contributed by atoms with E-state index in [1.807, 2.05) is 25.1 Å². The van der Waals surface area contributed by atoms with Gasteiger partial charge in [-0.25, -0.2) is 9.78 Å². The fourth-order valence-corrected chi connectivity index (χ4v) is 2.63. The lowest BCUT2D eigenvalue weighted by molar-refractivity contribution is 0.0518. The number of rotatable bonds is 3. The number of esters is 1. The molecule has 0 spiro atoms. The number of hydrogen-bond donors (Lipinski definition) is 1. The Balaban J connectivity index is 2.34. The van der Waals surface area contributed by atoms with Crippen molar-refractivity contribution in [1.82, 2.24) is 9.97 Å². The highest BCUT2D eigenvalue weighted by Gasteiger charge is 2.18. The first-order valence-electron chi connectivity index (χ1n) is 6.81. The molecule has 20 heavy (non-hydrogen) atoms. The van der Waals surface area contributed by atoms with Gasteiger partial charge in [0.2, 0.25) is 0 Å². The Hall–Kier alpha value is -2.36. The van der Waals surface area contributed by atoms with Crippen LogP contribution in [-0.4, -0.2) is 22.5 Å². The first-order valence-corrected chi connectivity index (χ1v) is 6.81. The van der Waals surface area contributed by atoms with Crippen molar-refractivity contribution in [2.24, 2.45) is 0 Å². The van der Waals surface area contributed by atoms with Crippen LogP contribution >= 0.6 is 0 Å². The minimum atomic E-state index is -0.350. The van der Waals surface area contributed by atoms with Crippen LogP contribution in [0, 0.1) is 0 Å². The van der Waals surface area contributed by atoms with Crippen molar-refractivity contribution in [3.63, 3.8) is 0 Å². The molecule has 0 atom stereocenters. The van der Waals surface area contributed by atoms with Crippen LogP contribution in [0.5, 0.6) is 0 Å². The van der Waals surface area contributed by atoms with E-state index in [2.05, 4.69) is 16.0 Å². The number of nitrogens with zero attached hydrogens (tertiary/aromatic N) is 1. The van der Waals surface area contributed by atoms with E-state index in [-0.39, 0.29) is 5.97 Å². The van der Waals surface area contributed by atoms with Crippen LogP contribution in [0.4, 0.5) is 0 Å². The molecular weight excluding hydrogens is 252 g/mol. The summed E-state index contributed by atoms with van der Waals surface area (Å²) in [6.07, 6.45) is 2.45. The second kappa shape index (κ2) is 4.96. The maximum absolute atomic E-state index is 12.0. The molecular formula is C16H16N2O2. The van der Waals surface area contributed by atoms with Gasteiger partial charge in [-0.15, -0.1) is 0 Å². The van der Waals surface area contributed by atoms with Crippen LogP contribution in [0.3, 0.4) is 0 Å². The topological polar surface area (TPSA) is 55.0 Å². The van der Waals surface area contributed by atoms with Crippen molar-refractivity contribution in [1.29, 1.82) is 0 Å². The van der Waals surface area contributed by atoms with Gasteiger partial charge in [-0.05, 0) is 25.0 Å². The second-order valence-electron chi connectivity index (χ2n) is 4.62. The maximum atomic E-state index is 12.0. The lowest BCUT2D eigenvalue weighted by Gasteiger charge is -2.07. The predicted molar refractivity (Wildman–Crippen MR) is 78.9 cm³/mol. The smallest absolute Gasteiger partial charge is 0.357 e. The zero-order valence-electron chi connectivity index (χ0n) is 11.6. The first kappa shape index (κ1) is 12.7. The summed E-state index contributed by atoms with van der Waals surface area (Å²) in [5.41, 5.74) is 3.38. The zero-order chi connectivity index (χ0) is 14.1. The Morgan fingerprint density at radius 3 is 2.80 bits per heavy atom. The summed E-state index contributed by atoms with van der Waals surface area (Å²) in [4.78, 5) is 19.7. The van der Waals surface area contributed by atoms with E-state index in [0.717, 1.165) is 33.8 Å². The van der Waals surface area contributed by atoms with Crippen LogP contribution in [0.15, 0.2) is 30.5 Å². The number of aromatic amines is 1. The highest BCUT2D eigenvalue weighted by atomic mass is 16.5. The minimum absolute atomic E-state index is 0.350. The number of para-hydroxylation sites is 1. The number of H-pyrrole nitrogens is 1. The fraction of sp³-hybridized carbons (Fsp3) is 0.250. The third kappa shape index (κ3) is 1.84. The summed E-state index contributed by atoms with van der Waals surface area (Å²) < 4.78 is 5.10. The van der Waals surface area contributed by atoms with Gasteiger partial charge in [-0.3, -0.25) is 0 Å². The van der Waals surface area contributed by atoms with Crippen LogP contribution in [0.2, 0.25) is 0 Å². The first-order chi connectivity index (χ1) is 9.76. The standard InChI is InChI=1S/C16H16N2O2/c1-3-10-14-11-7-5-6-8-12(11)18-13(14)9-17-15(10)16(19)20-4-2/h5-9,18H,3-4H2,1-2H3. The van der Waals surface area contributed by atoms with Crippen molar-refractivity contribution in [3.8, 4) is 0 Å². The fourth-order valence-electron chi connectivity index (χ4n) is 2.63. The van der Waals surface area contributed by atoms with Crippen molar-refractivity contribution in [2.75, 3.05) is 6.61 Å². The molecule has 2 aromatic heterocycles. The van der Waals surface area contributed by atoms with Gasteiger partial charge in [0.25, 0.3) is 0 Å². The molecule has 0 saturated heterocycles. The minimum Gasteiger partial charge on any atom is -0.461 e. The molecule has 4 nitrogen and oxygen atoms in total. The molecule has 0 aliphatic rings. The molecule has 4 heteroatoms. The molecule has 3 rings (SSSR count). The van der Waals surface area contributed by atoms with Crippen molar-refractivity contribution in [2.45, 2.75) is 20.3 Å². The van der Waals surface area contributed by atoms with Gasteiger partial charge in [-0.1, -0.05) is 25.1 Å². The highest BCUT2D eigenvalue weighted by Crippen LogP contribution is 2.29. The Bertz CT molecular complexity index is 790. The van der Waals surface area contributed by atoms with Crippen LogP contribution in [-0.2, 0) is 11.2 Å². The van der Waals surface area contributed by atoms with E-state index in [1.165, 1.54) is 0 Å². The molecule has 102 valence electrons. The third-order valence-electron chi connectivity index (χ3n) is 3.47. The molecule has 0 radical (unpaired) electrons. The molecule has 1 aromatic carbocycles. The number of fused-ring (bicyclic) bond motifs is 3. The third-order valence-corrected chi connectivity index (χ3v) is 3.47. The highest BCUT2D eigenvalue weighted by molar-refractivity contribution is 6.11. The Labute approximate surface area is 116 Å². The van der Waals surface area contributed by atoms with Gasteiger partial charge in [0.05, 0.1) is 18.3 Å². The number of benzene rings is 1. The van der Waals surface area contributed by atoms with E-state index in [1.54, 1.807) is 13.1 Å². The van der Waals surface area contributed by atoms with E-state index in [0.29, 0.717) is 12.3 Å². The summed E-state index contributed by atoms with van der Waals surface area (Å²) in [6, 6.07) is 8.07. The summed E-state index contributed by atoms with van der Waals surface area (Å²) in [7, 11) is 0. The van der Waals surface area contributed by atoms with Crippen molar-refractivity contribution >= 4 is 27.8 Å². The Kier molecular flexibility index (Phi) is 3.14. The molecule has 0 saturated carbocycles. The van der Waals surface area contributed by atoms with Gasteiger partial charge >= 0.3 is 5.97 Å². The largest absolute Gasteiger partial charge is 0.461 e. The number of carbonyl (C=O) groups excluding carboxylic acids is 1. The number of aromatic nitrogens is 2. The molecule has 2 heterocycles. The molecule has 0 aliphatic heterocycles. The number of pyridine rings is 1. The van der Waals surface area contributed by atoms with Crippen molar-refractivity contribution in [3.05, 3.63) is 41.7 Å². The number of ether oxygens (including phenoxy) is 1. The molecule has 1 N–H and O–H groups in total. The summed E-state index contributed by atoms with van der Waals surface area (Å²) >= 11 is 0. The molecule has 0 fully saturated rings. The van der Waals surface area contributed by atoms with Gasteiger partial charge in [0.1, 0.15) is 0 Å². The van der Waals surface area contributed by atoms with Crippen LogP contribution in [0.25, 0.3) is 21.8 Å². The molecule has 0 aliphatic carbocycles. The molecule has 0 amide bonds. The molecule has 0 unspecified atom stereocenters. The Morgan fingerprint density at radius 2 is 2.05 bits per heavy atom. The van der Waals surface area contributed by atoms with E-state index < -0.39 is 0 Å². The lowest BCUT2D eigenvalue weighted by atomic mass is 10.0. The van der Waals surface area contributed by atoms with Gasteiger partial charge in [0.15, 0.2) is 5.69 Å². The van der Waals surface area contributed by atoms with E-state index in [4.69, 9.17) is 4.74 Å². The van der Waals surface area contributed by atoms with E-state index in [9.17, 15) is 4.79 Å². The lowest BCUT2D eigenvalue weighted by Crippen LogP contribution is -2.10. The van der Waals surface area contributed by atoms with Crippen molar-refractivity contribution < 1.29 is 9.53 Å². The van der Waals surface area contributed by atoms with Crippen LogP contribution < -0.4 is 0 Å². The average Bonchev–Trinajstić information content (AvgIpc) is 2.85. The number of carbonyl (C=O) groups is 1. The quantitative estimate of drug-likeness (QED) is 0.740. The van der Waals surface area contributed by atoms with Crippen LogP contribution in [0.1, 0.15) is 29.9 Å². The molecule has 3 aromatic rings. The second-order valence-corrected chi connectivity index (χ2v) is 4.62. The predicted octanol–water partition coefficient (Wildman–Crippen LogP) is 3.46.